The van der Waals surface area contributed by atoms with Crippen molar-refractivity contribution < 1.29 is 42.4 Å². The number of aromatic carboxylic acids is 1. The molecule has 15 nitrogen and oxygen atoms in total. The van der Waals surface area contributed by atoms with Crippen molar-refractivity contribution in [2.45, 2.75) is 50.7 Å². The van der Waals surface area contributed by atoms with Crippen molar-refractivity contribution in [3.8, 4) is 0 Å². The maximum absolute atomic E-state index is 14.6. The van der Waals surface area contributed by atoms with E-state index in [1.165, 1.54) is 18.2 Å². The van der Waals surface area contributed by atoms with Crippen LogP contribution >= 0.6 is 12.4 Å². The quantitative estimate of drug-likeness (QED) is 0.0919. The van der Waals surface area contributed by atoms with Gasteiger partial charge in [0.1, 0.15) is 11.6 Å². The molecule has 4 N–H and O–H groups in total. The lowest BCUT2D eigenvalue weighted by molar-refractivity contribution is -0.0123. The van der Waals surface area contributed by atoms with Gasteiger partial charge in [0.05, 0.1) is 71.9 Å². The summed E-state index contributed by atoms with van der Waals surface area (Å²) in [5.74, 6) is -2.97. The zero-order valence-electron chi connectivity index (χ0n) is 36.9. The van der Waals surface area contributed by atoms with Gasteiger partial charge in [-0.2, -0.15) is 10.2 Å². The summed E-state index contributed by atoms with van der Waals surface area (Å²) in [6.45, 7) is 5.74. The second-order valence-electron chi connectivity index (χ2n) is 15.5. The molecule has 0 unspecified atom stereocenters. The second kappa shape index (κ2) is 25.7. The summed E-state index contributed by atoms with van der Waals surface area (Å²) < 4.78 is 49.2. The number of hydrogen-bond donors (Lipinski definition) is 4. The van der Waals surface area contributed by atoms with Crippen LogP contribution in [0.4, 0.5) is 8.78 Å². The number of piperidine rings is 2. The standard InChI is InChI=1S/C24H26FN3O4.C16H11FN2O3.C8H17NO2.ClH/c1-31-12-13-32-17-8-10-28(11-9-17)24(30)20-14-16(6-7-21(20)25)15-22-18-4-2-3-5-19(18)23(29)27-26-22;17-13-6-5-9(7-12(13)16(21)22)8-14-10-3-1-2-4-11(10)15(20)19-18-14;1-10-6-7-11-8-2-4-9-5-3-8;/h2-7,14,17H,8-13,15H2,1H3,(H,27,29);1-7H,8H2,(H,19,20)(H,21,22);8-9H,2-7H2,1H3;1H. The number of likely N-dealkylation sites (tertiary alicyclic amines) is 1. The van der Waals surface area contributed by atoms with Gasteiger partial charge in [-0.3, -0.25) is 14.4 Å². The van der Waals surface area contributed by atoms with Gasteiger partial charge in [-0.05, 0) is 86.3 Å². The first-order chi connectivity index (χ1) is 31.6. The number of H-pyrrole nitrogens is 2. The number of halogens is 3. The Morgan fingerprint density at radius 3 is 1.56 bits per heavy atom. The number of ether oxygens (including phenoxy) is 4. The fourth-order valence-corrected chi connectivity index (χ4v) is 7.65. The molecule has 4 aromatic carbocycles. The van der Waals surface area contributed by atoms with Crippen LogP contribution in [-0.4, -0.2) is 121 Å². The molecule has 2 aromatic heterocycles. The zero-order valence-corrected chi connectivity index (χ0v) is 37.7. The van der Waals surface area contributed by atoms with Crippen molar-refractivity contribution in [1.82, 2.24) is 30.6 Å². The monoisotopic (exact) mass is 932 g/mol. The highest BCUT2D eigenvalue weighted by molar-refractivity contribution is 5.95. The predicted octanol–water partition coefficient (Wildman–Crippen LogP) is 6.10. The van der Waals surface area contributed by atoms with E-state index in [0.29, 0.717) is 91.4 Å². The molecule has 0 radical (unpaired) electrons. The number of hydrogen-bond acceptors (Lipinski definition) is 11. The number of aromatic amines is 2. The Hall–Kier alpha value is -5.95. The van der Waals surface area contributed by atoms with Crippen LogP contribution in [0.25, 0.3) is 21.5 Å². The molecule has 0 bridgehead atoms. The summed E-state index contributed by atoms with van der Waals surface area (Å²) in [5.41, 5.74) is 1.73. The van der Waals surface area contributed by atoms with Gasteiger partial charge < -0.3 is 34.3 Å². The number of nitrogens with zero attached hydrogens (tertiary/aromatic N) is 3. The number of aromatic nitrogens is 4. The second-order valence-corrected chi connectivity index (χ2v) is 15.5. The first-order valence-electron chi connectivity index (χ1n) is 21.5. The van der Waals surface area contributed by atoms with Crippen molar-refractivity contribution in [2.75, 3.05) is 66.8 Å². The van der Waals surface area contributed by atoms with Gasteiger partial charge in [-0.15, -0.1) is 12.4 Å². The van der Waals surface area contributed by atoms with Crippen molar-refractivity contribution in [1.29, 1.82) is 0 Å². The number of fused-ring (bicyclic) bond motifs is 2. The Kier molecular flexibility index (Phi) is 19.8. The van der Waals surface area contributed by atoms with Crippen molar-refractivity contribution in [3.63, 3.8) is 0 Å². The highest BCUT2D eigenvalue weighted by atomic mass is 35.5. The Labute approximate surface area is 386 Å². The number of amides is 1. The van der Waals surface area contributed by atoms with Gasteiger partial charge in [-0.1, -0.05) is 48.5 Å². The average molecular weight is 933 g/mol. The van der Waals surface area contributed by atoms with Crippen LogP contribution in [0.5, 0.6) is 0 Å². The topological polar surface area (TPSA) is 198 Å². The van der Waals surface area contributed by atoms with Crippen LogP contribution in [0, 0.1) is 11.6 Å². The molecule has 6 aromatic rings. The van der Waals surface area contributed by atoms with Gasteiger partial charge >= 0.3 is 5.97 Å². The van der Waals surface area contributed by atoms with Gasteiger partial charge in [-0.25, -0.2) is 23.8 Å². The number of carbonyl (C=O) groups excluding carboxylic acids is 1. The third kappa shape index (κ3) is 14.0. The highest BCUT2D eigenvalue weighted by Gasteiger charge is 2.26. The average Bonchev–Trinajstić information content (AvgIpc) is 3.33. The fraction of sp³-hybridized carbons (Fsp3) is 0.375. The summed E-state index contributed by atoms with van der Waals surface area (Å²) in [5, 5.41) is 27.9. The van der Waals surface area contributed by atoms with E-state index in [1.807, 2.05) is 12.1 Å². The molecule has 18 heteroatoms. The first kappa shape index (κ1) is 51.0. The van der Waals surface area contributed by atoms with E-state index in [1.54, 1.807) is 67.7 Å². The molecule has 2 fully saturated rings. The number of nitrogens with one attached hydrogen (secondary N) is 3. The third-order valence-corrected chi connectivity index (χ3v) is 11.1. The number of carbonyl (C=O) groups is 2. The Balaban J connectivity index is 0.000000207. The molecule has 352 valence electrons. The number of carboxylic acids is 1. The molecule has 0 spiro atoms. The maximum atomic E-state index is 14.6. The molecule has 8 rings (SSSR count). The van der Waals surface area contributed by atoms with E-state index >= 15 is 0 Å². The summed E-state index contributed by atoms with van der Waals surface area (Å²) >= 11 is 0. The molecule has 0 aliphatic carbocycles. The SMILES string of the molecule is COCCOC1CCN(C(=O)c2cc(Cc3n[nH]c(=O)c4ccccc34)ccc2F)CC1.COCCOC1CCNCC1.Cl.O=C(O)c1cc(Cc2n[nH]c(=O)c3ccccc23)ccc1F. The van der Waals surface area contributed by atoms with Gasteiger partial charge in [0.2, 0.25) is 0 Å². The Bertz CT molecular complexity index is 2650. The van der Waals surface area contributed by atoms with Gasteiger partial charge in [0.15, 0.2) is 0 Å². The van der Waals surface area contributed by atoms with Crippen LogP contribution in [0.2, 0.25) is 0 Å². The predicted molar refractivity (Wildman–Crippen MR) is 248 cm³/mol. The van der Waals surface area contributed by atoms with Crippen LogP contribution < -0.4 is 16.4 Å². The summed E-state index contributed by atoms with van der Waals surface area (Å²) in [6, 6.07) is 22.7. The molecule has 1 amide bonds. The minimum absolute atomic E-state index is 0. The summed E-state index contributed by atoms with van der Waals surface area (Å²) in [4.78, 5) is 49.4. The number of rotatable bonds is 14. The summed E-state index contributed by atoms with van der Waals surface area (Å²) in [6.07, 6.45) is 4.92. The lowest BCUT2D eigenvalue weighted by Gasteiger charge is -2.32. The molecule has 2 saturated heterocycles. The molecular weight excluding hydrogens is 878 g/mol. The van der Waals surface area contributed by atoms with Crippen LogP contribution in [0.15, 0.2) is 94.5 Å². The molecular formula is C48H55ClF2N6O9. The zero-order chi connectivity index (χ0) is 46.1. The third-order valence-electron chi connectivity index (χ3n) is 11.1. The van der Waals surface area contributed by atoms with Crippen molar-refractivity contribution in [2.24, 2.45) is 0 Å². The lowest BCUT2D eigenvalue weighted by atomic mass is 10.0. The minimum Gasteiger partial charge on any atom is -0.478 e. The Morgan fingerprint density at radius 1 is 0.652 bits per heavy atom. The molecule has 0 saturated carbocycles. The van der Waals surface area contributed by atoms with E-state index in [9.17, 15) is 28.0 Å². The minimum atomic E-state index is -1.32. The Morgan fingerprint density at radius 2 is 1.09 bits per heavy atom. The van der Waals surface area contributed by atoms with Crippen molar-refractivity contribution in [3.05, 3.63) is 151 Å². The van der Waals surface area contributed by atoms with E-state index in [0.717, 1.165) is 49.6 Å². The van der Waals surface area contributed by atoms with Crippen LogP contribution in [0.1, 0.15) is 68.9 Å². The van der Waals surface area contributed by atoms with Crippen LogP contribution in [0.3, 0.4) is 0 Å². The fourth-order valence-electron chi connectivity index (χ4n) is 7.65. The van der Waals surface area contributed by atoms with E-state index in [4.69, 9.17) is 24.1 Å². The smallest absolute Gasteiger partial charge is 0.338 e. The summed E-state index contributed by atoms with van der Waals surface area (Å²) in [7, 11) is 3.33. The van der Waals surface area contributed by atoms with E-state index in [-0.39, 0.29) is 53.1 Å². The van der Waals surface area contributed by atoms with Gasteiger partial charge in [0.25, 0.3) is 17.0 Å². The first-order valence-corrected chi connectivity index (χ1v) is 21.5. The van der Waals surface area contributed by atoms with E-state index in [2.05, 4.69) is 25.7 Å². The maximum Gasteiger partial charge on any atom is 0.338 e. The van der Waals surface area contributed by atoms with Gasteiger partial charge in [0, 0.05) is 50.9 Å². The number of benzene rings is 4. The van der Waals surface area contributed by atoms with Crippen molar-refractivity contribution >= 4 is 45.8 Å². The molecule has 2 aliphatic rings. The molecule has 66 heavy (non-hydrogen) atoms. The number of methoxy groups -OCH3 is 2. The largest absolute Gasteiger partial charge is 0.478 e. The molecule has 2 aliphatic heterocycles. The molecule has 4 heterocycles. The van der Waals surface area contributed by atoms with Crippen LogP contribution in [-0.2, 0) is 31.8 Å². The highest BCUT2D eigenvalue weighted by Crippen LogP contribution is 2.23. The lowest BCUT2D eigenvalue weighted by Crippen LogP contribution is -2.41. The normalized spacial score (nSPS) is 14.2. The molecule has 0 atom stereocenters. The van der Waals surface area contributed by atoms with E-state index < -0.39 is 17.6 Å². The number of carboxylic acid groups (broad SMARTS) is 1.